The second kappa shape index (κ2) is 5.57. The molecule has 5 heteroatoms. The van der Waals surface area contributed by atoms with E-state index < -0.39 is 9.84 Å². The smallest absolute Gasteiger partial charge is 0.155 e. The molecule has 0 aromatic rings. The van der Waals surface area contributed by atoms with Crippen LogP contribution in [0.3, 0.4) is 0 Å². The largest absolute Gasteiger partial charge is 0.376 e. The summed E-state index contributed by atoms with van der Waals surface area (Å²) in [7, 11) is -3.04. The Morgan fingerprint density at radius 2 is 1.92 bits per heavy atom. The summed E-state index contributed by atoms with van der Waals surface area (Å²) < 4.78 is 28.1. The highest BCUT2D eigenvalue weighted by atomic mass is 32.2. The number of ether oxygens (including phenoxy) is 1. The molecule has 0 amide bonds. The Morgan fingerprint density at radius 1 is 1.38 bits per heavy atom. The molecule has 0 spiro atoms. The fraction of sp³-hybridized carbons (Fsp3) is 1.00. The second-order valence-electron chi connectivity index (χ2n) is 3.19. The van der Waals surface area contributed by atoms with Gasteiger partial charge in [0.1, 0.15) is 0 Å². The van der Waals surface area contributed by atoms with Crippen LogP contribution in [0.4, 0.5) is 0 Å². The highest BCUT2D eigenvalue weighted by Crippen LogP contribution is 2.04. The average molecular weight is 209 g/mol. The molecule has 0 rings (SSSR count). The van der Waals surface area contributed by atoms with E-state index in [0.29, 0.717) is 6.61 Å². The van der Waals surface area contributed by atoms with Gasteiger partial charge >= 0.3 is 0 Å². The summed E-state index contributed by atoms with van der Waals surface area (Å²) >= 11 is 0. The van der Waals surface area contributed by atoms with E-state index in [0.717, 1.165) is 0 Å². The quantitative estimate of drug-likeness (QED) is 0.677. The fourth-order valence-corrected chi connectivity index (χ4v) is 2.01. The van der Waals surface area contributed by atoms with Crippen LogP contribution < -0.4 is 5.73 Å². The van der Waals surface area contributed by atoms with Crippen molar-refractivity contribution < 1.29 is 13.2 Å². The number of rotatable bonds is 6. The van der Waals surface area contributed by atoms with Gasteiger partial charge in [0.25, 0.3) is 0 Å². The minimum atomic E-state index is -3.04. The molecule has 13 heavy (non-hydrogen) atoms. The van der Waals surface area contributed by atoms with E-state index in [1.165, 1.54) is 0 Å². The zero-order valence-corrected chi connectivity index (χ0v) is 9.30. The molecular weight excluding hydrogens is 190 g/mol. The Morgan fingerprint density at radius 3 is 2.23 bits per heavy atom. The maximum absolute atomic E-state index is 11.4. The summed E-state index contributed by atoms with van der Waals surface area (Å²) in [6, 6.07) is 0. The second-order valence-corrected chi connectivity index (χ2v) is 5.79. The highest BCUT2D eigenvalue weighted by molar-refractivity contribution is 7.92. The van der Waals surface area contributed by atoms with Gasteiger partial charge in [0.15, 0.2) is 9.84 Å². The predicted molar refractivity (Wildman–Crippen MR) is 53.4 cm³/mol. The van der Waals surface area contributed by atoms with Crippen LogP contribution in [0.5, 0.6) is 0 Å². The van der Waals surface area contributed by atoms with E-state index in [-0.39, 0.29) is 23.7 Å². The Balaban J connectivity index is 4.23. The van der Waals surface area contributed by atoms with Crippen LogP contribution in [-0.2, 0) is 14.6 Å². The van der Waals surface area contributed by atoms with Crippen molar-refractivity contribution >= 4 is 9.84 Å². The van der Waals surface area contributed by atoms with Gasteiger partial charge in [0.2, 0.25) is 0 Å². The normalized spacial score (nSPS) is 14.8. The molecule has 0 aromatic carbocycles. The lowest BCUT2D eigenvalue weighted by Gasteiger charge is -2.16. The zero-order chi connectivity index (χ0) is 10.5. The van der Waals surface area contributed by atoms with Crippen LogP contribution in [0.1, 0.15) is 20.8 Å². The summed E-state index contributed by atoms with van der Waals surface area (Å²) in [5.74, 6) is 0.0228. The molecule has 0 saturated heterocycles. The van der Waals surface area contributed by atoms with Crippen LogP contribution in [0.2, 0.25) is 0 Å². The van der Waals surface area contributed by atoms with Crippen molar-refractivity contribution in [3.63, 3.8) is 0 Å². The molecule has 80 valence electrons. The van der Waals surface area contributed by atoms with E-state index in [4.69, 9.17) is 10.5 Å². The highest BCUT2D eigenvalue weighted by Gasteiger charge is 2.21. The van der Waals surface area contributed by atoms with Crippen LogP contribution in [0.25, 0.3) is 0 Å². The van der Waals surface area contributed by atoms with E-state index in [1.807, 2.05) is 6.92 Å². The molecule has 0 aliphatic carbocycles. The topological polar surface area (TPSA) is 69.4 Å². The van der Waals surface area contributed by atoms with Gasteiger partial charge in [-0.05, 0) is 20.8 Å². The zero-order valence-electron chi connectivity index (χ0n) is 8.49. The van der Waals surface area contributed by atoms with Crippen LogP contribution in [-0.4, -0.2) is 38.7 Å². The predicted octanol–water partition coefficient (Wildman–Crippen LogP) is 0.173. The molecule has 0 bridgehead atoms. The molecule has 0 saturated carbocycles. The van der Waals surface area contributed by atoms with Crippen molar-refractivity contribution in [3.8, 4) is 0 Å². The van der Waals surface area contributed by atoms with Gasteiger partial charge in [0, 0.05) is 13.2 Å². The van der Waals surface area contributed by atoms with Crippen molar-refractivity contribution in [1.82, 2.24) is 0 Å². The molecule has 1 atom stereocenters. The van der Waals surface area contributed by atoms with Gasteiger partial charge in [-0.3, -0.25) is 0 Å². The lowest BCUT2D eigenvalue weighted by Crippen LogP contribution is -2.34. The maximum Gasteiger partial charge on any atom is 0.155 e. The standard InChI is InChI=1S/C8H19NO3S/c1-4-12-8(5-9)6-13(10,11)7(2)3/h7-8H,4-6,9H2,1-3H3. The molecule has 4 nitrogen and oxygen atoms in total. The average Bonchev–Trinajstić information content (AvgIpc) is 2.03. The van der Waals surface area contributed by atoms with Gasteiger partial charge in [-0.2, -0.15) is 0 Å². The van der Waals surface area contributed by atoms with E-state index in [9.17, 15) is 8.42 Å². The maximum atomic E-state index is 11.4. The third-order valence-electron chi connectivity index (χ3n) is 1.80. The van der Waals surface area contributed by atoms with E-state index >= 15 is 0 Å². The van der Waals surface area contributed by atoms with Gasteiger partial charge in [0.05, 0.1) is 17.1 Å². The molecular formula is C8H19NO3S. The van der Waals surface area contributed by atoms with Crippen molar-refractivity contribution in [2.75, 3.05) is 18.9 Å². The van der Waals surface area contributed by atoms with Crippen LogP contribution in [0, 0.1) is 0 Å². The van der Waals surface area contributed by atoms with E-state index in [2.05, 4.69) is 0 Å². The molecule has 2 N–H and O–H groups in total. The summed E-state index contributed by atoms with van der Waals surface area (Å²) in [5, 5.41) is -0.359. The molecule has 0 aliphatic rings. The van der Waals surface area contributed by atoms with Crippen molar-refractivity contribution in [2.45, 2.75) is 32.1 Å². The molecule has 0 aliphatic heterocycles. The minimum absolute atomic E-state index is 0.0228. The summed E-state index contributed by atoms with van der Waals surface area (Å²) in [6.07, 6.45) is -0.364. The summed E-state index contributed by atoms with van der Waals surface area (Å²) in [6.45, 7) is 5.89. The lowest BCUT2D eigenvalue weighted by molar-refractivity contribution is 0.0845. The molecule has 0 fully saturated rings. The molecule has 0 heterocycles. The van der Waals surface area contributed by atoms with Gasteiger partial charge in [-0.25, -0.2) is 8.42 Å². The van der Waals surface area contributed by atoms with Gasteiger partial charge in [-0.15, -0.1) is 0 Å². The first kappa shape index (κ1) is 12.9. The Bertz CT molecular complexity index is 224. The van der Waals surface area contributed by atoms with Crippen molar-refractivity contribution in [3.05, 3.63) is 0 Å². The molecule has 1 unspecified atom stereocenters. The van der Waals surface area contributed by atoms with Crippen LogP contribution in [0.15, 0.2) is 0 Å². The number of hydrogen-bond donors (Lipinski definition) is 1. The third kappa shape index (κ3) is 4.59. The van der Waals surface area contributed by atoms with Gasteiger partial charge in [-0.1, -0.05) is 0 Å². The first-order chi connectivity index (χ1) is 5.94. The molecule has 0 aromatic heterocycles. The van der Waals surface area contributed by atoms with Crippen molar-refractivity contribution in [2.24, 2.45) is 5.73 Å². The fourth-order valence-electron chi connectivity index (χ4n) is 0.871. The first-order valence-electron chi connectivity index (χ1n) is 4.47. The lowest BCUT2D eigenvalue weighted by atomic mass is 10.4. The van der Waals surface area contributed by atoms with Gasteiger partial charge < -0.3 is 10.5 Å². The van der Waals surface area contributed by atoms with Crippen molar-refractivity contribution in [1.29, 1.82) is 0 Å². The Labute approximate surface area is 80.4 Å². The number of sulfone groups is 1. The Kier molecular flexibility index (Phi) is 5.51. The SMILES string of the molecule is CCOC(CN)CS(=O)(=O)C(C)C. The van der Waals surface area contributed by atoms with E-state index in [1.54, 1.807) is 13.8 Å². The van der Waals surface area contributed by atoms with Crippen LogP contribution >= 0.6 is 0 Å². The first-order valence-corrected chi connectivity index (χ1v) is 6.18. The number of hydrogen-bond acceptors (Lipinski definition) is 4. The third-order valence-corrected chi connectivity index (χ3v) is 4.07. The summed E-state index contributed by atoms with van der Waals surface area (Å²) in [4.78, 5) is 0. The Hall–Kier alpha value is -0.130. The minimum Gasteiger partial charge on any atom is -0.376 e. The number of nitrogens with two attached hydrogens (primary N) is 1. The monoisotopic (exact) mass is 209 g/mol. The molecule has 0 radical (unpaired) electrons. The summed E-state index contributed by atoms with van der Waals surface area (Å²) in [5.41, 5.74) is 5.38.